The molecular weight excluding hydrogens is 230 g/mol. The predicted octanol–water partition coefficient (Wildman–Crippen LogP) is 1.56. The van der Waals surface area contributed by atoms with E-state index >= 15 is 0 Å². The first-order valence-corrected chi connectivity index (χ1v) is 5.87. The first kappa shape index (κ1) is 12.6. The van der Waals surface area contributed by atoms with E-state index in [0.717, 1.165) is 11.3 Å². The molecule has 1 atom stereocenters. The minimum Gasteiger partial charge on any atom is -0.497 e. The van der Waals surface area contributed by atoms with Crippen LogP contribution in [-0.2, 0) is 12.8 Å². The lowest BCUT2D eigenvalue weighted by Crippen LogP contribution is -2.17. The van der Waals surface area contributed by atoms with Crippen LogP contribution in [0.2, 0.25) is 0 Å². The van der Waals surface area contributed by atoms with E-state index in [1.165, 1.54) is 0 Å². The Morgan fingerprint density at radius 2 is 2.28 bits per heavy atom. The fourth-order valence-electron chi connectivity index (χ4n) is 1.69. The molecule has 5 nitrogen and oxygen atoms in total. The van der Waals surface area contributed by atoms with Crippen LogP contribution in [0.5, 0.6) is 5.75 Å². The number of benzene rings is 1. The normalized spacial score (nSPS) is 12.4. The summed E-state index contributed by atoms with van der Waals surface area (Å²) >= 11 is 0. The van der Waals surface area contributed by atoms with E-state index in [-0.39, 0.29) is 6.04 Å². The standard InChI is InChI=1S/C13H17N3O2/c1-9(14)6-13-15-12(16-18-13)8-10-4-3-5-11(7-10)17-2/h3-5,7,9H,6,8,14H2,1-2H3. The smallest absolute Gasteiger partial charge is 0.228 e. The average Bonchev–Trinajstić information content (AvgIpc) is 2.76. The lowest BCUT2D eigenvalue weighted by Gasteiger charge is -2.01. The maximum atomic E-state index is 5.68. The molecule has 0 saturated carbocycles. The highest BCUT2D eigenvalue weighted by molar-refractivity contribution is 5.30. The van der Waals surface area contributed by atoms with E-state index in [2.05, 4.69) is 10.1 Å². The molecule has 1 aromatic heterocycles. The molecule has 18 heavy (non-hydrogen) atoms. The minimum absolute atomic E-state index is 0.0233. The predicted molar refractivity (Wildman–Crippen MR) is 67.5 cm³/mol. The van der Waals surface area contributed by atoms with E-state index in [4.69, 9.17) is 15.0 Å². The van der Waals surface area contributed by atoms with Crippen LogP contribution in [0, 0.1) is 0 Å². The van der Waals surface area contributed by atoms with Crippen LogP contribution < -0.4 is 10.5 Å². The molecule has 0 aliphatic rings. The van der Waals surface area contributed by atoms with Gasteiger partial charge in [0.25, 0.3) is 0 Å². The second-order valence-corrected chi connectivity index (χ2v) is 4.31. The summed E-state index contributed by atoms with van der Waals surface area (Å²) in [6.45, 7) is 1.91. The van der Waals surface area contributed by atoms with E-state index < -0.39 is 0 Å². The number of nitrogens with zero attached hydrogens (tertiary/aromatic N) is 2. The fraction of sp³-hybridized carbons (Fsp3) is 0.385. The highest BCUT2D eigenvalue weighted by atomic mass is 16.5. The molecule has 0 amide bonds. The van der Waals surface area contributed by atoms with Crippen LogP contribution in [0.3, 0.4) is 0 Å². The fourth-order valence-corrected chi connectivity index (χ4v) is 1.69. The van der Waals surface area contributed by atoms with E-state index in [9.17, 15) is 0 Å². The summed E-state index contributed by atoms with van der Waals surface area (Å²) in [4.78, 5) is 4.30. The van der Waals surface area contributed by atoms with Crippen LogP contribution in [0.25, 0.3) is 0 Å². The van der Waals surface area contributed by atoms with Crippen molar-refractivity contribution in [1.29, 1.82) is 0 Å². The number of hydrogen-bond donors (Lipinski definition) is 1. The van der Waals surface area contributed by atoms with Crippen molar-refractivity contribution in [2.24, 2.45) is 5.73 Å². The lowest BCUT2D eigenvalue weighted by molar-refractivity contribution is 0.367. The Morgan fingerprint density at radius 3 is 3.00 bits per heavy atom. The van der Waals surface area contributed by atoms with Gasteiger partial charge in [0.1, 0.15) is 5.75 Å². The van der Waals surface area contributed by atoms with Crippen molar-refractivity contribution in [3.8, 4) is 5.75 Å². The lowest BCUT2D eigenvalue weighted by atomic mass is 10.1. The molecule has 1 heterocycles. The second-order valence-electron chi connectivity index (χ2n) is 4.31. The molecule has 96 valence electrons. The van der Waals surface area contributed by atoms with Crippen molar-refractivity contribution < 1.29 is 9.26 Å². The zero-order chi connectivity index (χ0) is 13.0. The zero-order valence-corrected chi connectivity index (χ0v) is 10.6. The third kappa shape index (κ3) is 3.30. The van der Waals surface area contributed by atoms with Gasteiger partial charge in [-0.1, -0.05) is 17.3 Å². The van der Waals surface area contributed by atoms with Gasteiger partial charge < -0.3 is 15.0 Å². The van der Waals surface area contributed by atoms with Crippen molar-refractivity contribution in [3.05, 3.63) is 41.5 Å². The molecule has 0 fully saturated rings. The molecule has 1 aromatic carbocycles. The quantitative estimate of drug-likeness (QED) is 0.867. The van der Waals surface area contributed by atoms with Gasteiger partial charge in [-0.2, -0.15) is 4.98 Å². The summed E-state index contributed by atoms with van der Waals surface area (Å²) in [5.41, 5.74) is 6.77. The monoisotopic (exact) mass is 247 g/mol. The minimum atomic E-state index is 0.0233. The number of rotatable bonds is 5. The Kier molecular flexibility index (Phi) is 3.94. The maximum absolute atomic E-state index is 5.68. The van der Waals surface area contributed by atoms with E-state index in [1.54, 1.807) is 7.11 Å². The molecule has 0 bridgehead atoms. The average molecular weight is 247 g/mol. The molecule has 0 spiro atoms. The number of methoxy groups -OCH3 is 1. The molecule has 5 heteroatoms. The van der Waals surface area contributed by atoms with Gasteiger partial charge in [-0.15, -0.1) is 0 Å². The number of nitrogens with two attached hydrogens (primary N) is 1. The third-order valence-electron chi connectivity index (χ3n) is 2.50. The van der Waals surface area contributed by atoms with E-state index in [0.29, 0.717) is 24.6 Å². The van der Waals surface area contributed by atoms with Gasteiger partial charge in [0, 0.05) is 18.9 Å². The third-order valence-corrected chi connectivity index (χ3v) is 2.50. The van der Waals surface area contributed by atoms with Gasteiger partial charge in [0.05, 0.1) is 7.11 Å². The van der Waals surface area contributed by atoms with Crippen LogP contribution in [0.15, 0.2) is 28.8 Å². The molecule has 1 unspecified atom stereocenters. The van der Waals surface area contributed by atoms with Gasteiger partial charge in [-0.3, -0.25) is 0 Å². The molecular formula is C13H17N3O2. The maximum Gasteiger partial charge on any atom is 0.228 e. The Morgan fingerprint density at radius 1 is 1.44 bits per heavy atom. The summed E-state index contributed by atoms with van der Waals surface area (Å²) in [6, 6.07) is 7.83. The molecule has 2 rings (SSSR count). The number of ether oxygens (including phenoxy) is 1. The van der Waals surface area contributed by atoms with Gasteiger partial charge in [-0.05, 0) is 24.6 Å². The summed E-state index contributed by atoms with van der Waals surface area (Å²) in [7, 11) is 1.65. The number of aromatic nitrogens is 2. The van der Waals surface area contributed by atoms with Crippen molar-refractivity contribution >= 4 is 0 Å². The van der Waals surface area contributed by atoms with Crippen molar-refractivity contribution in [2.45, 2.75) is 25.8 Å². The Labute approximate surface area is 106 Å². The summed E-state index contributed by atoms with van der Waals surface area (Å²) < 4.78 is 10.3. The van der Waals surface area contributed by atoms with Crippen molar-refractivity contribution in [3.63, 3.8) is 0 Å². The summed E-state index contributed by atoms with van der Waals surface area (Å²) in [5, 5.41) is 3.94. The van der Waals surface area contributed by atoms with Crippen molar-refractivity contribution in [2.75, 3.05) is 7.11 Å². The Balaban J connectivity index is 2.06. The van der Waals surface area contributed by atoms with E-state index in [1.807, 2.05) is 31.2 Å². The van der Waals surface area contributed by atoms with Crippen LogP contribution in [0.1, 0.15) is 24.2 Å². The summed E-state index contributed by atoms with van der Waals surface area (Å²) in [5.74, 6) is 2.08. The van der Waals surface area contributed by atoms with Crippen LogP contribution in [-0.4, -0.2) is 23.3 Å². The largest absolute Gasteiger partial charge is 0.497 e. The topological polar surface area (TPSA) is 74.2 Å². The second kappa shape index (κ2) is 5.64. The molecule has 2 aromatic rings. The molecule has 0 aliphatic carbocycles. The Hall–Kier alpha value is -1.88. The molecule has 0 aliphatic heterocycles. The van der Waals surface area contributed by atoms with Gasteiger partial charge in [-0.25, -0.2) is 0 Å². The first-order chi connectivity index (χ1) is 8.67. The number of hydrogen-bond acceptors (Lipinski definition) is 5. The molecule has 0 radical (unpaired) electrons. The first-order valence-electron chi connectivity index (χ1n) is 5.87. The van der Waals surface area contributed by atoms with Gasteiger partial charge in [0.2, 0.25) is 5.89 Å². The summed E-state index contributed by atoms with van der Waals surface area (Å²) in [6.07, 6.45) is 1.23. The highest BCUT2D eigenvalue weighted by Gasteiger charge is 2.09. The van der Waals surface area contributed by atoms with Gasteiger partial charge in [0.15, 0.2) is 5.82 Å². The Bertz CT molecular complexity index is 508. The zero-order valence-electron chi connectivity index (χ0n) is 10.6. The highest BCUT2D eigenvalue weighted by Crippen LogP contribution is 2.15. The van der Waals surface area contributed by atoms with Crippen molar-refractivity contribution in [1.82, 2.24) is 10.1 Å². The molecule has 2 N–H and O–H groups in total. The molecule has 0 saturated heterocycles. The van der Waals surface area contributed by atoms with Gasteiger partial charge >= 0.3 is 0 Å². The van der Waals surface area contributed by atoms with Crippen LogP contribution >= 0.6 is 0 Å². The SMILES string of the molecule is COc1cccc(Cc2noc(CC(C)N)n2)c1. The van der Waals surface area contributed by atoms with Crippen LogP contribution in [0.4, 0.5) is 0 Å².